The van der Waals surface area contributed by atoms with Crippen LogP contribution in [0, 0.1) is 11.3 Å². The van der Waals surface area contributed by atoms with Gasteiger partial charge >= 0.3 is 37.7 Å². The molecule has 0 aliphatic heterocycles. The molecule has 1 N–H and O–H groups in total. The van der Waals surface area contributed by atoms with E-state index in [0.717, 1.165) is 6.42 Å². The van der Waals surface area contributed by atoms with Gasteiger partial charge in [0.2, 0.25) is 0 Å². The minimum absolute atomic E-state index is 0. The van der Waals surface area contributed by atoms with Crippen LogP contribution >= 0.6 is 0 Å². The Balaban J connectivity index is 0. The molecule has 66 valence electrons. The average molecular weight is 186 g/mol. The minimum atomic E-state index is 0. The van der Waals surface area contributed by atoms with Crippen LogP contribution in [0.15, 0.2) is 0 Å². The van der Waals surface area contributed by atoms with Gasteiger partial charge in [-0.3, -0.25) is 0 Å². The third-order valence-electron chi connectivity index (χ3n) is 1.58. The van der Waals surface area contributed by atoms with Gasteiger partial charge in [-0.2, -0.15) is 0 Å². The van der Waals surface area contributed by atoms with Gasteiger partial charge in [-0.15, -0.1) is 0 Å². The Kier molecular flexibility index (Phi) is 8.98. The number of hydrogen-bond donors (Lipinski definition) is 1. The summed E-state index contributed by atoms with van der Waals surface area (Å²) in [6.45, 7) is 9.24. The Morgan fingerprint density at radius 1 is 1.27 bits per heavy atom. The van der Waals surface area contributed by atoms with Crippen LogP contribution in [0.4, 0.5) is 0 Å². The van der Waals surface area contributed by atoms with Gasteiger partial charge in [0.25, 0.3) is 0 Å². The molecule has 2 heteroatoms. The number of rotatable bonds is 3. The van der Waals surface area contributed by atoms with E-state index in [2.05, 4.69) is 27.7 Å². The monoisotopic (exact) mass is 186 g/mol. The molecule has 0 aliphatic carbocycles. The normalized spacial score (nSPS) is 13.9. The third-order valence-corrected chi connectivity index (χ3v) is 1.58. The molecule has 0 radical (unpaired) electrons. The first-order chi connectivity index (χ1) is 4.45. The van der Waals surface area contributed by atoms with Crippen molar-refractivity contribution in [2.75, 3.05) is 6.61 Å². The molecule has 0 bridgehead atoms. The van der Waals surface area contributed by atoms with Crippen molar-refractivity contribution in [3.63, 3.8) is 0 Å². The van der Waals surface area contributed by atoms with E-state index in [4.69, 9.17) is 5.11 Å². The molecular formula is C9H22CaO. The van der Waals surface area contributed by atoms with E-state index in [1.807, 2.05) is 0 Å². The second-order valence-electron chi connectivity index (χ2n) is 4.38. The number of aliphatic hydroxyl groups excluding tert-OH is 1. The van der Waals surface area contributed by atoms with Crippen molar-refractivity contribution in [1.29, 1.82) is 0 Å². The van der Waals surface area contributed by atoms with Crippen LogP contribution in [0.1, 0.15) is 40.5 Å². The van der Waals surface area contributed by atoms with Crippen LogP contribution in [0.25, 0.3) is 0 Å². The summed E-state index contributed by atoms with van der Waals surface area (Å²) in [7, 11) is 0. The SMILES string of the molecule is CC(CCO)CC(C)(C)C.[CaH2]. The molecule has 0 spiro atoms. The maximum atomic E-state index is 8.63. The second-order valence-corrected chi connectivity index (χ2v) is 4.38. The zero-order valence-electron chi connectivity index (χ0n) is 7.65. The van der Waals surface area contributed by atoms with Crippen LogP contribution in [-0.2, 0) is 0 Å². The van der Waals surface area contributed by atoms with Crippen molar-refractivity contribution in [2.24, 2.45) is 11.3 Å². The van der Waals surface area contributed by atoms with Crippen molar-refractivity contribution in [3.05, 3.63) is 0 Å². The summed E-state index contributed by atoms with van der Waals surface area (Å²) in [5.41, 5.74) is 0.411. The standard InChI is InChI=1S/C9H20O.Ca.2H/c1-8(5-6-10)7-9(2,3)4;;;/h8,10H,5-7H2,1-4H3;;;. The van der Waals surface area contributed by atoms with Gasteiger partial charge in [-0.05, 0) is 24.2 Å². The summed E-state index contributed by atoms with van der Waals surface area (Å²) in [6.07, 6.45) is 2.14. The van der Waals surface area contributed by atoms with E-state index in [0.29, 0.717) is 17.9 Å². The van der Waals surface area contributed by atoms with E-state index >= 15 is 0 Å². The van der Waals surface area contributed by atoms with Crippen molar-refractivity contribution in [1.82, 2.24) is 0 Å². The molecule has 0 heterocycles. The first kappa shape index (κ1) is 14.7. The summed E-state index contributed by atoms with van der Waals surface area (Å²) in [6, 6.07) is 0. The maximum absolute atomic E-state index is 8.63. The van der Waals surface area contributed by atoms with Crippen molar-refractivity contribution >= 4 is 37.7 Å². The fraction of sp³-hybridized carbons (Fsp3) is 1.00. The molecule has 0 saturated carbocycles. The molecular weight excluding hydrogens is 164 g/mol. The molecule has 0 aromatic rings. The van der Waals surface area contributed by atoms with Crippen molar-refractivity contribution in [3.8, 4) is 0 Å². The predicted octanol–water partition coefficient (Wildman–Crippen LogP) is 1.52. The average Bonchev–Trinajstić information content (AvgIpc) is 1.59. The van der Waals surface area contributed by atoms with Gasteiger partial charge in [0.1, 0.15) is 0 Å². The summed E-state index contributed by atoms with van der Waals surface area (Å²) >= 11 is 0. The first-order valence-electron chi connectivity index (χ1n) is 4.06. The Hall–Kier alpha value is 1.22. The molecule has 0 aromatic carbocycles. The van der Waals surface area contributed by atoms with E-state index < -0.39 is 0 Å². The van der Waals surface area contributed by atoms with Crippen LogP contribution in [0.5, 0.6) is 0 Å². The molecule has 11 heavy (non-hydrogen) atoms. The zero-order valence-corrected chi connectivity index (χ0v) is 7.65. The van der Waals surface area contributed by atoms with Gasteiger partial charge < -0.3 is 5.11 Å². The van der Waals surface area contributed by atoms with Gasteiger partial charge in [0.05, 0.1) is 0 Å². The molecule has 0 saturated heterocycles. The third kappa shape index (κ3) is 11.2. The van der Waals surface area contributed by atoms with Gasteiger partial charge in [0.15, 0.2) is 0 Å². The summed E-state index contributed by atoms with van der Waals surface area (Å²) in [5.74, 6) is 0.657. The molecule has 1 nitrogen and oxygen atoms in total. The zero-order chi connectivity index (χ0) is 8.20. The van der Waals surface area contributed by atoms with Crippen molar-refractivity contribution in [2.45, 2.75) is 40.5 Å². The van der Waals surface area contributed by atoms with Crippen LogP contribution < -0.4 is 0 Å². The molecule has 0 amide bonds. The first-order valence-corrected chi connectivity index (χ1v) is 4.06. The Morgan fingerprint density at radius 3 is 2.00 bits per heavy atom. The summed E-state index contributed by atoms with van der Waals surface area (Å²) in [4.78, 5) is 0. The van der Waals surface area contributed by atoms with Gasteiger partial charge in [-0.1, -0.05) is 27.7 Å². The van der Waals surface area contributed by atoms with Crippen LogP contribution in [-0.4, -0.2) is 49.5 Å². The van der Waals surface area contributed by atoms with Crippen molar-refractivity contribution < 1.29 is 5.11 Å². The molecule has 0 aromatic heterocycles. The Bertz CT molecular complexity index is 86.1. The molecule has 0 aliphatic rings. The van der Waals surface area contributed by atoms with E-state index in [9.17, 15) is 0 Å². The summed E-state index contributed by atoms with van der Waals surface area (Å²) in [5, 5.41) is 8.63. The molecule has 0 rings (SSSR count). The predicted molar refractivity (Wildman–Crippen MR) is 53.5 cm³/mol. The number of hydrogen-bond acceptors (Lipinski definition) is 1. The quantitative estimate of drug-likeness (QED) is 0.663. The summed E-state index contributed by atoms with van der Waals surface area (Å²) < 4.78 is 0. The topological polar surface area (TPSA) is 20.2 Å². The van der Waals surface area contributed by atoms with E-state index in [1.165, 1.54) is 6.42 Å². The molecule has 1 atom stereocenters. The second kappa shape index (κ2) is 6.71. The van der Waals surface area contributed by atoms with Gasteiger partial charge in [-0.25, -0.2) is 0 Å². The van der Waals surface area contributed by atoms with E-state index in [-0.39, 0.29) is 37.7 Å². The Labute approximate surface area is 101 Å². The fourth-order valence-electron chi connectivity index (χ4n) is 1.37. The fourth-order valence-corrected chi connectivity index (χ4v) is 1.37. The molecule has 0 fully saturated rings. The van der Waals surface area contributed by atoms with E-state index in [1.54, 1.807) is 0 Å². The Morgan fingerprint density at radius 2 is 1.73 bits per heavy atom. The number of aliphatic hydroxyl groups is 1. The van der Waals surface area contributed by atoms with Crippen LogP contribution in [0.2, 0.25) is 0 Å². The molecule has 1 unspecified atom stereocenters. The van der Waals surface area contributed by atoms with Crippen LogP contribution in [0.3, 0.4) is 0 Å². The van der Waals surface area contributed by atoms with Gasteiger partial charge in [0, 0.05) is 6.61 Å².